The Morgan fingerprint density at radius 2 is 0.500 bits per heavy atom. The Balaban J connectivity index is -0.000000117. The average Bonchev–Trinajstić information content (AvgIpc) is 2.97. The summed E-state index contributed by atoms with van der Waals surface area (Å²) in [7, 11) is 0. The van der Waals surface area contributed by atoms with Gasteiger partial charge in [0.1, 0.15) is 0 Å². The van der Waals surface area contributed by atoms with Gasteiger partial charge in [-0.2, -0.15) is 17.6 Å². The molecule has 0 aliphatic heterocycles. The maximum absolute atomic E-state index is 12.1. The highest BCUT2D eigenvalue weighted by molar-refractivity contribution is 6.41. The largest absolute Gasteiger partial charge is 1.00 e. The van der Waals surface area contributed by atoms with E-state index in [1.807, 2.05) is 0 Å². The first kappa shape index (κ1) is 58.8. The van der Waals surface area contributed by atoms with E-state index >= 15 is 0 Å². The second-order valence-corrected chi connectivity index (χ2v) is 12.2. The van der Waals surface area contributed by atoms with Gasteiger partial charge in [-0.15, -0.1) is 46.4 Å². The van der Waals surface area contributed by atoms with E-state index in [-0.39, 0.29) is 44.6 Å². The zero-order chi connectivity index (χ0) is 35.2. The lowest BCUT2D eigenvalue weighted by molar-refractivity contribution is -0.928. The van der Waals surface area contributed by atoms with E-state index in [1.54, 1.807) is 0 Å². The van der Waals surface area contributed by atoms with Crippen LogP contribution in [0.1, 0.15) is 107 Å². The van der Waals surface area contributed by atoms with Gasteiger partial charge in [-0.05, 0) is 51.4 Å². The predicted molar refractivity (Wildman–Crippen MR) is 183 cm³/mol. The van der Waals surface area contributed by atoms with Crippen molar-refractivity contribution < 1.29 is 70.1 Å². The van der Waals surface area contributed by atoms with Gasteiger partial charge in [-0.25, -0.2) is 0 Å². The maximum atomic E-state index is 12.1. The lowest BCUT2D eigenvalue weighted by atomic mass is 10.1. The molecule has 280 valence electrons. The van der Waals surface area contributed by atoms with Gasteiger partial charge in [0.25, 0.3) is 11.6 Å². The second-order valence-electron chi connectivity index (χ2n) is 10.6. The first-order chi connectivity index (χ1) is 20.8. The summed E-state index contributed by atoms with van der Waals surface area (Å²) in [6.45, 7) is 29.6. The van der Waals surface area contributed by atoms with Crippen LogP contribution in [0.5, 0.6) is 0 Å². The lowest BCUT2D eigenvalue weighted by Crippen LogP contribution is -3.00. The Morgan fingerprint density at radius 3 is 0.587 bits per heavy atom. The van der Waals surface area contributed by atoms with Crippen molar-refractivity contribution in [2.75, 3.05) is 63.0 Å². The molecule has 0 N–H and O–H groups in total. The van der Waals surface area contributed by atoms with Crippen LogP contribution in [0.25, 0.3) is 0 Å². The van der Waals surface area contributed by atoms with Gasteiger partial charge in [-0.3, -0.25) is 9.59 Å². The number of carbonyl (C=O) groups excluding carboxylic acids is 2. The van der Waals surface area contributed by atoms with E-state index in [2.05, 4.69) is 55.4 Å². The van der Waals surface area contributed by atoms with E-state index in [0.717, 1.165) is 0 Å². The minimum Gasteiger partial charge on any atom is -1.00 e. The molecule has 0 unspecified atom stereocenters. The fourth-order valence-corrected chi connectivity index (χ4v) is 5.73. The van der Waals surface area contributed by atoms with Gasteiger partial charge < -0.3 is 42.9 Å². The van der Waals surface area contributed by atoms with Gasteiger partial charge >= 0.3 is 0 Å². The van der Waals surface area contributed by atoms with Crippen LogP contribution >= 0.6 is 46.4 Å². The quantitative estimate of drug-likeness (QED) is 0.0929. The van der Waals surface area contributed by atoms with Gasteiger partial charge in [0, 0.05) is 0 Å². The van der Waals surface area contributed by atoms with Gasteiger partial charge in [0.2, 0.25) is 23.3 Å². The number of carbonyl (C=O) groups is 2. The Kier molecular flexibility index (Phi) is 49.0. The smallest absolute Gasteiger partial charge is 0.256 e. The Labute approximate surface area is 319 Å². The number of quaternary nitrogens is 2. The first-order valence-electron chi connectivity index (χ1n) is 15.9. The number of hydrogen-bond donors (Lipinski definition) is 0. The SMILES string of the molecule is CCC[N+](CCC)(CCC)CCC.CCC[N+](CCC)(CCC)CCC.ClCCl.ClCCl.O=C1C(F)=C(F)C(=O)C(F)=C1F.[Br-].[Br-]. The van der Waals surface area contributed by atoms with Crippen molar-refractivity contribution in [1.82, 2.24) is 0 Å². The van der Waals surface area contributed by atoms with Gasteiger partial charge in [-0.1, -0.05) is 55.4 Å². The van der Waals surface area contributed by atoms with Crippen LogP contribution in [0.15, 0.2) is 23.3 Å². The standard InChI is InChI=1S/2C12H28N.C6F4O2.2CH2Cl2.2BrH/c2*1-5-9-13(10-6-2,11-7-3)12-8-4;7-1-2(8)6(12)4(10)3(9)5(1)11;2*2-1-3;;/h2*5-12H2,1-4H3;;2*1H2;2*1H/q2*+1;;;;;/p-2. The number of alkyl halides is 4. The predicted octanol–water partition coefficient (Wildman–Crippen LogP) is 5.18. The Hall–Kier alpha value is 0.580. The molecule has 1 aliphatic carbocycles. The highest BCUT2D eigenvalue weighted by Gasteiger charge is 2.36. The molecule has 0 atom stereocenters. The van der Waals surface area contributed by atoms with Crippen LogP contribution in [0.4, 0.5) is 17.6 Å². The van der Waals surface area contributed by atoms with Crippen molar-refractivity contribution in [3.63, 3.8) is 0 Å². The third-order valence-corrected chi connectivity index (χ3v) is 6.77. The zero-order valence-electron chi connectivity index (χ0n) is 29.2. The summed E-state index contributed by atoms with van der Waals surface area (Å²) in [6, 6.07) is 0. The second kappa shape index (κ2) is 38.4. The fraction of sp³-hybridized carbons (Fsp3) is 0.812. The molecule has 0 fully saturated rings. The van der Waals surface area contributed by atoms with Crippen molar-refractivity contribution in [3.8, 4) is 0 Å². The monoisotopic (exact) mass is 878 g/mol. The van der Waals surface area contributed by atoms with Gasteiger partial charge in [0.05, 0.1) is 63.0 Å². The summed E-state index contributed by atoms with van der Waals surface area (Å²) < 4.78 is 51.3. The molecule has 0 bridgehead atoms. The maximum Gasteiger partial charge on any atom is 0.256 e. The molecule has 0 amide bonds. The first-order valence-corrected chi connectivity index (χ1v) is 18.1. The molecule has 0 radical (unpaired) electrons. The number of rotatable bonds is 16. The molecule has 1 aliphatic rings. The van der Waals surface area contributed by atoms with Crippen molar-refractivity contribution in [2.45, 2.75) is 107 Å². The molecule has 0 spiro atoms. The van der Waals surface area contributed by atoms with Crippen LogP contribution in [0.2, 0.25) is 0 Å². The molecule has 14 heteroatoms. The van der Waals surface area contributed by atoms with E-state index in [1.165, 1.54) is 113 Å². The molecule has 0 aromatic carbocycles. The molecular formula is C32H60Br2Cl4F4N2O2. The molecule has 0 heterocycles. The molecular weight excluding hydrogens is 822 g/mol. The number of hydrogen-bond acceptors (Lipinski definition) is 2. The summed E-state index contributed by atoms with van der Waals surface area (Å²) in [5.74, 6) is -12.9. The minimum absolute atomic E-state index is 0. The molecule has 0 saturated carbocycles. The zero-order valence-corrected chi connectivity index (χ0v) is 35.4. The van der Waals surface area contributed by atoms with E-state index in [9.17, 15) is 27.2 Å². The number of ketones is 2. The molecule has 0 aromatic heterocycles. The van der Waals surface area contributed by atoms with Crippen LogP contribution in [0.3, 0.4) is 0 Å². The molecule has 1 rings (SSSR count). The summed E-state index contributed by atoms with van der Waals surface area (Å²) in [6.07, 6.45) is 10.7. The van der Waals surface area contributed by atoms with Crippen molar-refractivity contribution >= 4 is 58.0 Å². The lowest BCUT2D eigenvalue weighted by Gasteiger charge is -2.38. The minimum atomic E-state index is -2.20. The van der Waals surface area contributed by atoms with Crippen LogP contribution in [-0.2, 0) is 9.59 Å². The highest BCUT2D eigenvalue weighted by atomic mass is 79.9. The third kappa shape index (κ3) is 26.4. The average molecular weight is 882 g/mol. The number of Topliss-reactive ketones (excluding diaryl/α,β-unsaturated/α-hetero) is 2. The number of halogens is 10. The van der Waals surface area contributed by atoms with Gasteiger partial charge in [0.15, 0.2) is 0 Å². The van der Waals surface area contributed by atoms with Crippen LogP contribution in [0, 0.1) is 0 Å². The summed E-state index contributed by atoms with van der Waals surface area (Å²) in [5, 5.41) is 0.389. The van der Waals surface area contributed by atoms with Crippen LogP contribution < -0.4 is 34.0 Å². The highest BCUT2D eigenvalue weighted by Crippen LogP contribution is 2.27. The molecule has 0 aromatic rings. The number of allylic oxidation sites excluding steroid dienone is 4. The Morgan fingerprint density at radius 1 is 0.391 bits per heavy atom. The summed E-state index contributed by atoms with van der Waals surface area (Å²) >= 11 is 19.1. The summed E-state index contributed by atoms with van der Waals surface area (Å²) in [4.78, 5) is 20.4. The molecule has 46 heavy (non-hydrogen) atoms. The fourth-order valence-electron chi connectivity index (χ4n) is 5.73. The van der Waals surface area contributed by atoms with E-state index in [4.69, 9.17) is 46.4 Å². The molecule has 0 saturated heterocycles. The Bertz CT molecular complexity index is 661. The van der Waals surface area contributed by atoms with Crippen LogP contribution in [-0.4, -0.2) is 83.6 Å². The summed E-state index contributed by atoms with van der Waals surface area (Å²) in [5.41, 5.74) is 0. The number of nitrogens with zero attached hydrogens (tertiary/aromatic N) is 2. The van der Waals surface area contributed by atoms with Crippen molar-refractivity contribution in [3.05, 3.63) is 23.3 Å². The topological polar surface area (TPSA) is 34.1 Å². The van der Waals surface area contributed by atoms with Crippen molar-refractivity contribution in [1.29, 1.82) is 0 Å². The molecule has 4 nitrogen and oxygen atoms in total. The van der Waals surface area contributed by atoms with E-state index < -0.39 is 34.9 Å². The normalized spacial score (nSPS) is 12.6. The van der Waals surface area contributed by atoms with Crippen molar-refractivity contribution in [2.24, 2.45) is 0 Å². The third-order valence-electron chi connectivity index (χ3n) is 6.77. The van der Waals surface area contributed by atoms with E-state index in [0.29, 0.717) is 0 Å².